The van der Waals surface area contributed by atoms with Gasteiger partial charge >= 0.3 is 0 Å². The summed E-state index contributed by atoms with van der Waals surface area (Å²) in [6, 6.07) is 0. The standard InChI is InChI=1S/C25H42O3/c1-7-8-9-10-11-12-13-14-15-16-20-21(26)24(4,5)23(28)25(6,22(20)27)18-17-19(2)3/h17,26H,7-16,18H2,1-6H3. The molecule has 0 aliphatic heterocycles. The van der Waals surface area contributed by atoms with Gasteiger partial charge in [0.25, 0.3) is 0 Å². The van der Waals surface area contributed by atoms with E-state index >= 15 is 0 Å². The molecule has 1 aliphatic carbocycles. The number of allylic oxidation sites excluding steroid dienone is 4. The van der Waals surface area contributed by atoms with Crippen LogP contribution in [0.15, 0.2) is 23.0 Å². The summed E-state index contributed by atoms with van der Waals surface area (Å²) in [5, 5.41) is 10.7. The SMILES string of the molecule is CCCCCCCCCCCC1=C(O)C(C)(C)C(=O)C(C)(CC=C(C)C)C1=O. The van der Waals surface area contributed by atoms with Crippen LogP contribution in [0.25, 0.3) is 0 Å². The van der Waals surface area contributed by atoms with Crippen LogP contribution >= 0.6 is 0 Å². The molecule has 1 aliphatic rings. The summed E-state index contributed by atoms with van der Waals surface area (Å²) in [5.74, 6) is -0.348. The van der Waals surface area contributed by atoms with Crippen molar-refractivity contribution in [2.45, 2.75) is 112 Å². The third-order valence-corrected chi connectivity index (χ3v) is 6.17. The van der Waals surface area contributed by atoms with Crippen molar-refractivity contribution < 1.29 is 14.7 Å². The zero-order valence-electron chi connectivity index (χ0n) is 19.1. The minimum atomic E-state index is -1.07. The number of hydrogen-bond acceptors (Lipinski definition) is 3. The summed E-state index contributed by atoms with van der Waals surface area (Å²) >= 11 is 0. The molecule has 0 amide bonds. The predicted octanol–water partition coefficient (Wildman–Crippen LogP) is 7.26. The molecule has 0 fully saturated rings. The molecule has 1 rings (SSSR count). The largest absolute Gasteiger partial charge is 0.511 e. The van der Waals surface area contributed by atoms with E-state index < -0.39 is 10.8 Å². The van der Waals surface area contributed by atoms with Crippen molar-refractivity contribution in [3.05, 3.63) is 23.0 Å². The molecule has 0 aromatic rings. The van der Waals surface area contributed by atoms with E-state index in [4.69, 9.17) is 0 Å². The maximum absolute atomic E-state index is 13.2. The van der Waals surface area contributed by atoms with E-state index in [9.17, 15) is 14.7 Å². The van der Waals surface area contributed by atoms with E-state index in [1.165, 1.54) is 44.9 Å². The summed E-state index contributed by atoms with van der Waals surface area (Å²) in [6.45, 7) is 11.4. The lowest BCUT2D eigenvalue weighted by Crippen LogP contribution is -2.50. The lowest BCUT2D eigenvalue weighted by Gasteiger charge is -2.40. The van der Waals surface area contributed by atoms with Gasteiger partial charge < -0.3 is 5.11 Å². The van der Waals surface area contributed by atoms with Crippen molar-refractivity contribution in [3.63, 3.8) is 0 Å². The van der Waals surface area contributed by atoms with Crippen LogP contribution in [0.3, 0.4) is 0 Å². The van der Waals surface area contributed by atoms with Crippen molar-refractivity contribution in [2.75, 3.05) is 0 Å². The van der Waals surface area contributed by atoms with E-state index in [0.29, 0.717) is 18.4 Å². The van der Waals surface area contributed by atoms with Crippen LogP contribution in [0.5, 0.6) is 0 Å². The highest BCUT2D eigenvalue weighted by molar-refractivity contribution is 6.19. The van der Waals surface area contributed by atoms with Gasteiger partial charge in [-0.1, -0.05) is 69.9 Å². The lowest BCUT2D eigenvalue weighted by molar-refractivity contribution is -0.145. The van der Waals surface area contributed by atoms with E-state index in [-0.39, 0.29) is 17.3 Å². The number of Topliss-reactive ketones (excluding diaryl/α,β-unsaturated/α-hetero) is 2. The Hall–Kier alpha value is -1.38. The normalized spacial score (nSPS) is 21.9. The van der Waals surface area contributed by atoms with Gasteiger partial charge in [-0.05, 0) is 53.9 Å². The summed E-state index contributed by atoms with van der Waals surface area (Å²) in [7, 11) is 0. The fraction of sp³-hybridized carbons (Fsp3) is 0.760. The average molecular weight is 391 g/mol. The Balaban J connectivity index is 2.71. The molecule has 0 aromatic carbocycles. The molecule has 28 heavy (non-hydrogen) atoms. The molecule has 1 atom stereocenters. The van der Waals surface area contributed by atoms with Crippen LogP contribution < -0.4 is 0 Å². The number of unbranched alkanes of at least 4 members (excludes halogenated alkanes) is 8. The Morgan fingerprint density at radius 1 is 0.893 bits per heavy atom. The van der Waals surface area contributed by atoms with E-state index in [1.54, 1.807) is 20.8 Å². The van der Waals surface area contributed by atoms with Gasteiger partial charge in [0.15, 0.2) is 11.6 Å². The van der Waals surface area contributed by atoms with Gasteiger partial charge in [0.1, 0.15) is 5.76 Å². The van der Waals surface area contributed by atoms with Gasteiger partial charge in [-0.25, -0.2) is 0 Å². The smallest absolute Gasteiger partial charge is 0.175 e. The van der Waals surface area contributed by atoms with Crippen molar-refractivity contribution in [3.8, 4) is 0 Å². The molecule has 0 aromatic heterocycles. The van der Waals surface area contributed by atoms with Crippen molar-refractivity contribution >= 4 is 11.6 Å². The van der Waals surface area contributed by atoms with Gasteiger partial charge in [0.2, 0.25) is 0 Å². The molecule has 0 heterocycles. The molecular weight excluding hydrogens is 348 g/mol. The van der Waals surface area contributed by atoms with Crippen LogP contribution in [0.2, 0.25) is 0 Å². The average Bonchev–Trinajstić information content (AvgIpc) is 2.65. The first-order valence-electron chi connectivity index (χ1n) is 11.2. The summed E-state index contributed by atoms with van der Waals surface area (Å²) in [6.07, 6.45) is 13.9. The molecule has 0 spiro atoms. The van der Waals surface area contributed by atoms with Crippen LogP contribution in [0.4, 0.5) is 0 Å². The molecular formula is C25H42O3. The van der Waals surface area contributed by atoms with Crippen molar-refractivity contribution in [2.24, 2.45) is 10.8 Å². The minimum Gasteiger partial charge on any atom is -0.511 e. The molecule has 1 N–H and O–H groups in total. The number of carbonyl (C=O) groups excluding carboxylic acids is 2. The Morgan fingerprint density at radius 2 is 1.39 bits per heavy atom. The highest BCUT2D eigenvalue weighted by Crippen LogP contribution is 2.46. The monoisotopic (exact) mass is 390 g/mol. The minimum absolute atomic E-state index is 0.00302. The second kappa shape index (κ2) is 11.0. The fourth-order valence-electron chi connectivity index (χ4n) is 4.16. The molecule has 0 radical (unpaired) electrons. The molecule has 0 saturated heterocycles. The number of aliphatic hydroxyl groups is 1. The molecule has 160 valence electrons. The first-order valence-corrected chi connectivity index (χ1v) is 11.2. The van der Waals surface area contributed by atoms with Crippen LogP contribution in [0.1, 0.15) is 112 Å². The Labute approximate surface area is 172 Å². The fourth-order valence-corrected chi connectivity index (χ4v) is 4.16. The van der Waals surface area contributed by atoms with E-state index in [2.05, 4.69) is 6.92 Å². The highest BCUT2D eigenvalue weighted by Gasteiger charge is 2.54. The van der Waals surface area contributed by atoms with Crippen molar-refractivity contribution in [1.82, 2.24) is 0 Å². The first kappa shape index (κ1) is 24.7. The van der Waals surface area contributed by atoms with Gasteiger partial charge in [0.05, 0.1) is 10.8 Å². The zero-order valence-corrected chi connectivity index (χ0v) is 19.1. The summed E-state index contributed by atoms with van der Waals surface area (Å²) < 4.78 is 0. The second-order valence-electron chi connectivity index (χ2n) is 9.51. The summed E-state index contributed by atoms with van der Waals surface area (Å²) in [4.78, 5) is 26.2. The van der Waals surface area contributed by atoms with Gasteiger partial charge in [-0.15, -0.1) is 0 Å². The molecule has 3 nitrogen and oxygen atoms in total. The quantitative estimate of drug-likeness (QED) is 0.217. The third-order valence-electron chi connectivity index (χ3n) is 6.17. The molecule has 1 unspecified atom stereocenters. The number of carbonyl (C=O) groups is 2. The van der Waals surface area contributed by atoms with E-state index in [0.717, 1.165) is 18.4 Å². The van der Waals surface area contributed by atoms with Gasteiger partial charge in [0, 0.05) is 5.57 Å². The second-order valence-corrected chi connectivity index (χ2v) is 9.51. The summed E-state index contributed by atoms with van der Waals surface area (Å²) in [5.41, 5.74) is -0.481. The number of hydrogen-bond donors (Lipinski definition) is 1. The van der Waals surface area contributed by atoms with Crippen molar-refractivity contribution in [1.29, 1.82) is 0 Å². The van der Waals surface area contributed by atoms with Crippen LogP contribution in [-0.2, 0) is 9.59 Å². The molecule has 3 heteroatoms. The highest BCUT2D eigenvalue weighted by atomic mass is 16.3. The third kappa shape index (κ3) is 6.06. The van der Waals surface area contributed by atoms with Gasteiger partial charge in [-0.3, -0.25) is 9.59 Å². The Bertz CT molecular complexity index is 605. The zero-order chi connectivity index (χ0) is 21.4. The van der Waals surface area contributed by atoms with E-state index in [1.807, 2.05) is 19.9 Å². The maximum Gasteiger partial charge on any atom is 0.175 e. The number of aliphatic hydroxyl groups excluding tert-OH is 1. The predicted molar refractivity (Wildman–Crippen MR) is 117 cm³/mol. The Kier molecular flexibility index (Phi) is 9.66. The molecule has 0 saturated carbocycles. The maximum atomic E-state index is 13.2. The topological polar surface area (TPSA) is 54.4 Å². The first-order chi connectivity index (χ1) is 13.1. The van der Waals surface area contributed by atoms with Gasteiger partial charge in [-0.2, -0.15) is 0 Å². The van der Waals surface area contributed by atoms with Crippen LogP contribution in [0, 0.1) is 10.8 Å². The number of rotatable bonds is 12. The Morgan fingerprint density at radius 3 is 1.89 bits per heavy atom. The lowest BCUT2D eigenvalue weighted by atomic mass is 9.60. The number of ketones is 2. The van der Waals surface area contributed by atoms with Crippen LogP contribution in [-0.4, -0.2) is 16.7 Å². The molecule has 0 bridgehead atoms.